The fourth-order valence-electron chi connectivity index (χ4n) is 2.51. The Hall–Kier alpha value is -1.29. The molecule has 2 aromatic rings. The van der Waals surface area contributed by atoms with Gasteiger partial charge in [-0.25, -0.2) is 0 Å². The van der Waals surface area contributed by atoms with Crippen LogP contribution in [0.2, 0.25) is 0 Å². The molecule has 0 aliphatic carbocycles. The number of hydrogen-bond donors (Lipinski definition) is 1. The van der Waals surface area contributed by atoms with Crippen LogP contribution >= 0.6 is 0 Å². The van der Waals surface area contributed by atoms with E-state index < -0.39 is 11.2 Å². The van der Waals surface area contributed by atoms with Crippen molar-refractivity contribution in [3.05, 3.63) is 59.2 Å². The molecular formula is C15H15NOS. The second-order valence-corrected chi connectivity index (χ2v) is 5.88. The summed E-state index contributed by atoms with van der Waals surface area (Å²) in [7, 11) is 0. The Kier molecular flexibility index (Phi) is 3.12. The molecule has 92 valence electrons. The van der Waals surface area contributed by atoms with Gasteiger partial charge in [-0.2, -0.15) is 0 Å². The largest absolute Gasteiger partial charge is 0.606 e. The Balaban J connectivity index is 2.13. The van der Waals surface area contributed by atoms with Gasteiger partial charge in [0.15, 0.2) is 9.79 Å². The molecule has 1 unspecified atom stereocenters. The second-order valence-electron chi connectivity index (χ2n) is 4.50. The third kappa shape index (κ3) is 1.85. The van der Waals surface area contributed by atoms with Crippen molar-refractivity contribution >= 4 is 11.2 Å². The normalized spacial score (nSPS) is 17.1. The van der Waals surface area contributed by atoms with Crippen molar-refractivity contribution in [3.8, 4) is 0 Å². The molecule has 1 heterocycles. The van der Waals surface area contributed by atoms with Gasteiger partial charge in [0.05, 0.1) is 0 Å². The van der Waals surface area contributed by atoms with Crippen molar-refractivity contribution in [2.45, 2.75) is 22.6 Å². The summed E-state index contributed by atoms with van der Waals surface area (Å²) >= 11 is -1.06. The highest BCUT2D eigenvalue weighted by Crippen LogP contribution is 2.36. The molecule has 0 bridgehead atoms. The SMILES string of the molecule is NCCc1cccc2c1[S+]([O-])c1ccccc1C2. The molecule has 0 fully saturated rings. The van der Waals surface area contributed by atoms with E-state index in [1.807, 2.05) is 30.3 Å². The Morgan fingerprint density at radius 1 is 1.06 bits per heavy atom. The maximum Gasteiger partial charge on any atom is 0.165 e. The summed E-state index contributed by atoms with van der Waals surface area (Å²) in [6.45, 7) is 0.593. The minimum atomic E-state index is -1.06. The van der Waals surface area contributed by atoms with E-state index in [0.29, 0.717) is 6.54 Å². The summed E-state index contributed by atoms with van der Waals surface area (Å²) < 4.78 is 12.7. The standard InChI is InChI=1S/C15H15NOS/c16-9-8-11-5-3-6-13-10-12-4-1-2-7-14(12)18(17)15(11)13/h1-7H,8-10,16H2. The van der Waals surface area contributed by atoms with Crippen LogP contribution in [0.3, 0.4) is 0 Å². The van der Waals surface area contributed by atoms with Crippen molar-refractivity contribution < 1.29 is 4.55 Å². The first-order valence-electron chi connectivity index (χ1n) is 6.12. The van der Waals surface area contributed by atoms with Gasteiger partial charge in [0.25, 0.3) is 0 Å². The molecule has 3 heteroatoms. The topological polar surface area (TPSA) is 49.1 Å². The van der Waals surface area contributed by atoms with E-state index in [2.05, 4.69) is 12.1 Å². The van der Waals surface area contributed by atoms with E-state index in [4.69, 9.17) is 5.73 Å². The number of hydrogen-bond acceptors (Lipinski definition) is 2. The molecular weight excluding hydrogens is 242 g/mol. The lowest BCUT2D eigenvalue weighted by Gasteiger charge is -2.23. The first-order valence-corrected chi connectivity index (χ1v) is 7.27. The molecule has 2 aromatic carbocycles. The number of benzene rings is 2. The van der Waals surface area contributed by atoms with E-state index in [1.165, 1.54) is 11.1 Å². The van der Waals surface area contributed by atoms with Crippen LogP contribution in [0.25, 0.3) is 0 Å². The summed E-state index contributed by atoms with van der Waals surface area (Å²) in [6.07, 6.45) is 1.66. The fraction of sp³-hybridized carbons (Fsp3) is 0.200. The Morgan fingerprint density at radius 3 is 2.67 bits per heavy atom. The zero-order valence-corrected chi connectivity index (χ0v) is 10.9. The highest BCUT2D eigenvalue weighted by atomic mass is 32.2. The van der Waals surface area contributed by atoms with Crippen LogP contribution in [0.4, 0.5) is 0 Å². The van der Waals surface area contributed by atoms with Crippen LogP contribution in [0.15, 0.2) is 52.3 Å². The van der Waals surface area contributed by atoms with Gasteiger partial charge < -0.3 is 10.3 Å². The average molecular weight is 257 g/mol. The molecule has 2 nitrogen and oxygen atoms in total. The van der Waals surface area contributed by atoms with Crippen LogP contribution in [-0.2, 0) is 24.0 Å². The van der Waals surface area contributed by atoms with Gasteiger partial charge in [0.1, 0.15) is 0 Å². The van der Waals surface area contributed by atoms with Crippen molar-refractivity contribution in [1.29, 1.82) is 0 Å². The van der Waals surface area contributed by atoms with E-state index >= 15 is 0 Å². The molecule has 0 aromatic heterocycles. The first-order chi connectivity index (χ1) is 8.81. The third-order valence-electron chi connectivity index (χ3n) is 3.33. The zero-order valence-electron chi connectivity index (χ0n) is 10.1. The molecule has 2 N–H and O–H groups in total. The monoisotopic (exact) mass is 257 g/mol. The number of rotatable bonds is 2. The molecule has 0 radical (unpaired) electrons. The van der Waals surface area contributed by atoms with Gasteiger partial charge in [0, 0.05) is 34.3 Å². The maximum atomic E-state index is 12.7. The summed E-state index contributed by atoms with van der Waals surface area (Å²) in [5.41, 5.74) is 9.12. The maximum absolute atomic E-state index is 12.7. The summed E-state index contributed by atoms with van der Waals surface area (Å²) in [4.78, 5) is 1.94. The quantitative estimate of drug-likeness (QED) is 0.839. The molecule has 18 heavy (non-hydrogen) atoms. The van der Waals surface area contributed by atoms with Crippen LogP contribution in [0.5, 0.6) is 0 Å². The minimum absolute atomic E-state index is 0.593. The Bertz CT molecular complexity index is 582. The first kappa shape index (κ1) is 11.8. The van der Waals surface area contributed by atoms with Gasteiger partial charge in [-0.3, -0.25) is 0 Å². The summed E-state index contributed by atoms with van der Waals surface area (Å²) in [5, 5.41) is 0. The highest BCUT2D eigenvalue weighted by Gasteiger charge is 2.30. The lowest BCUT2D eigenvalue weighted by atomic mass is 10.0. The molecule has 0 amide bonds. The summed E-state index contributed by atoms with van der Waals surface area (Å²) in [5.74, 6) is 0. The second kappa shape index (κ2) is 4.76. The predicted octanol–water partition coefficient (Wildman–Crippen LogP) is 2.26. The van der Waals surface area contributed by atoms with Gasteiger partial charge in [-0.15, -0.1) is 0 Å². The molecule has 0 saturated heterocycles. The van der Waals surface area contributed by atoms with Crippen LogP contribution in [0, 0.1) is 0 Å². The van der Waals surface area contributed by atoms with E-state index in [-0.39, 0.29) is 0 Å². The van der Waals surface area contributed by atoms with E-state index in [0.717, 1.165) is 28.2 Å². The molecule has 0 saturated carbocycles. The number of fused-ring (bicyclic) bond motifs is 2. The van der Waals surface area contributed by atoms with Crippen LogP contribution < -0.4 is 5.73 Å². The van der Waals surface area contributed by atoms with E-state index in [1.54, 1.807) is 0 Å². The molecule has 0 spiro atoms. The van der Waals surface area contributed by atoms with Gasteiger partial charge in [0.2, 0.25) is 0 Å². The van der Waals surface area contributed by atoms with Crippen molar-refractivity contribution in [2.75, 3.05) is 6.54 Å². The van der Waals surface area contributed by atoms with Gasteiger partial charge in [-0.05, 0) is 19.0 Å². The molecule has 1 aliphatic rings. The average Bonchev–Trinajstić information content (AvgIpc) is 2.39. The van der Waals surface area contributed by atoms with E-state index in [9.17, 15) is 4.55 Å². The van der Waals surface area contributed by atoms with Crippen molar-refractivity contribution in [3.63, 3.8) is 0 Å². The Morgan fingerprint density at radius 2 is 1.83 bits per heavy atom. The fourth-order valence-corrected chi connectivity index (χ4v) is 4.10. The molecule has 1 atom stereocenters. The van der Waals surface area contributed by atoms with Crippen molar-refractivity contribution in [1.82, 2.24) is 0 Å². The van der Waals surface area contributed by atoms with Gasteiger partial charge >= 0.3 is 0 Å². The highest BCUT2D eigenvalue weighted by molar-refractivity contribution is 7.91. The number of nitrogens with two attached hydrogens (primary N) is 1. The Labute approximate surface area is 110 Å². The minimum Gasteiger partial charge on any atom is -0.606 e. The lowest BCUT2D eigenvalue weighted by molar-refractivity contribution is 0.589. The lowest BCUT2D eigenvalue weighted by Crippen LogP contribution is -2.18. The third-order valence-corrected chi connectivity index (χ3v) is 5.02. The predicted molar refractivity (Wildman–Crippen MR) is 73.1 cm³/mol. The smallest absolute Gasteiger partial charge is 0.165 e. The molecule has 1 aliphatic heterocycles. The zero-order chi connectivity index (χ0) is 12.5. The summed E-state index contributed by atoms with van der Waals surface area (Å²) in [6, 6.07) is 14.1. The van der Waals surface area contributed by atoms with Crippen molar-refractivity contribution in [2.24, 2.45) is 5.73 Å². The van der Waals surface area contributed by atoms with Crippen LogP contribution in [0.1, 0.15) is 16.7 Å². The van der Waals surface area contributed by atoms with Crippen LogP contribution in [-0.4, -0.2) is 11.1 Å². The molecule has 3 rings (SSSR count). The van der Waals surface area contributed by atoms with Gasteiger partial charge in [-0.1, -0.05) is 36.4 Å².